The Labute approximate surface area is 169 Å². The highest BCUT2D eigenvalue weighted by Gasteiger charge is 2.50. The monoisotopic (exact) mass is 388 g/mol. The van der Waals surface area contributed by atoms with Gasteiger partial charge in [-0.1, -0.05) is 38.2 Å². The van der Waals surface area contributed by atoms with Crippen LogP contribution < -0.4 is 0 Å². The van der Waals surface area contributed by atoms with E-state index in [1.54, 1.807) is 0 Å². The lowest BCUT2D eigenvalue weighted by molar-refractivity contribution is -0.142. The Morgan fingerprint density at radius 3 is 2.82 bits per heavy atom. The zero-order valence-corrected chi connectivity index (χ0v) is 17.6. The standard InChI is InChI=1S/C24H36O4/c1-15(12-23(27)28-4)20-9-10-21-17(6-5-11-24(20,21)3)7-8-18-13-19(25)14-22(26)16(18)2/h7-8,15,19-22,25-26H,2,5-6,9-14H2,1,3-4H3/b17-7+,18-8-/t15-,19-,20-,21+,22+,24-/m1/s1. The molecule has 2 N–H and O–H groups in total. The fourth-order valence-electron chi connectivity index (χ4n) is 6.17. The molecule has 0 saturated heterocycles. The van der Waals surface area contributed by atoms with Gasteiger partial charge in [-0.15, -0.1) is 0 Å². The first-order valence-electron chi connectivity index (χ1n) is 10.8. The molecule has 3 fully saturated rings. The van der Waals surface area contributed by atoms with Crippen LogP contribution in [0, 0.1) is 23.2 Å². The number of hydrogen-bond donors (Lipinski definition) is 2. The second-order valence-electron chi connectivity index (χ2n) is 9.42. The number of carbonyl (C=O) groups is 1. The van der Waals surface area contributed by atoms with Crippen molar-refractivity contribution in [2.24, 2.45) is 23.2 Å². The number of carbonyl (C=O) groups excluding carboxylic acids is 1. The lowest BCUT2D eigenvalue weighted by Gasteiger charge is -2.44. The Morgan fingerprint density at radius 1 is 1.36 bits per heavy atom. The zero-order valence-electron chi connectivity index (χ0n) is 17.6. The molecule has 0 spiro atoms. The normalized spacial score (nSPS) is 39.8. The van der Waals surface area contributed by atoms with Gasteiger partial charge in [-0.2, -0.15) is 0 Å². The molecule has 0 unspecified atom stereocenters. The van der Waals surface area contributed by atoms with Crippen LogP contribution in [-0.4, -0.2) is 35.5 Å². The van der Waals surface area contributed by atoms with Crippen LogP contribution in [0.2, 0.25) is 0 Å². The summed E-state index contributed by atoms with van der Waals surface area (Å²) in [5.74, 6) is 1.32. The lowest BCUT2D eigenvalue weighted by atomic mass is 9.61. The quantitative estimate of drug-likeness (QED) is 0.704. The molecule has 6 atom stereocenters. The van der Waals surface area contributed by atoms with E-state index in [2.05, 4.69) is 32.6 Å². The molecule has 28 heavy (non-hydrogen) atoms. The minimum Gasteiger partial charge on any atom is -0.469 e. The summed E-state index contributed by atoms with van der Waals surface area (Å²) < 4.78 is 4.90. The predicted octanol–water partition coefficient (Wildman–Crippen LogP) is 4.33. The maximum absolute atomic E-state index is 11.8. The summed E-state index contributed by atoms with van der Waals surface area (Å²) in [5, 5.41) is 20.1. The summed E-state index contributed by atoms with van der Waals surface area (Å²) in [6.07, 6.45) is 10.5. The van der Waals surface area contributed by atoms with Gasteiger partial charge >= 0.3 is 5.97 Å². The van der Waals surface area contributed by atoms with Crippen LogP contribution in [0.4, 0.5) is 0 Å². The van der Waals surface area contributed by atoms with Gasteiger partial charge in [0.05, 0.1) is 19.3 Å². The Bertz CT molecular complexity index is 676. The van der Waals surface area contributed by atoms with Gasteiger partial charge in [-0.3, -0.25) is 4.79 Å². The third-order valence-electron chi connectivity index (χ3n) is 7.71. The summed E-state index contributed by atoms with van der Waals surface area (Å²) in [4.78, 5) is 11.8. The number of fused-ring (bicyclic) bond motifs is 1. The highest BCUT2D eigenvalue weighted by molar-refractivity contribution is 5.69. The molecular weight excluding hydrogens is 352 g/mol. The summed E-state index contributed by atoms with van der Waals surface area (Å²) >= 11 is 0. The molecule has 156 valence electrons. The van der Waals surface area contributed by atoms with Crippen LogP contribution in [-0.2, 0) is 9.53 Å². The van der Waals surface area contributed by atoms with Gasteiger partial charge < -0.3 is 14.9 Å². The van der Waals surface area contributed by atoms with Crippen molar-refractivity contribution < 1.29 is 19.7 Å². The second kappa shape index (κ2) is 8.54. The average Bonchev–Trinajstić information content (AvgIpc) is 3.00. The minimum atomic E-state index is -0.639. The molecule has 0 aromatic carbocycles. The fraction of sp³-hybridized carbons (Fsp3) is 0.708. The van der Waals surface area contributed by atoms with Crippen molar-refractivity contribution in [2.75, 3.05) is 7.11 Å². The van der Waals surface area contributed by atoms with Gasteiger partial charge in [0.25, 0.3) is 0 Å². The number of esters is 1. The molecule has 3 aliphatic carbocycles. The van der Waals surface area contributed by atoms with Crippen molar-refractivity contribution in [3.05, 3.63) is 35.5 Å². The largest absolute Gasteiger partial charge is 0.469 e. The van der Waals surface area contributed by atoms with E-state index in [0.29, 0.717) is 37.0 Å². The molecule has 0 heterocycles. The number of rotatable bonds is 4. The average molecular weight is 389 g/mol. The number of hydrogen-bond acceptors (Lipinski definition) is 4. The molecule has 3 rings (SSSR count). The summed E-state index contributed by atoms with van der Waals surface area (Å²) in [7, 11) is 1.47. The lowest BCUT2D eigenvalue weighted by Crippen LogP contribution is -2.36. The molecule has 3 aliphatic rings. The molecule has 0 radical (unpaired) electrons. The number of aliphatic hydroxyl groups excluding tert-OH is 2. The van der Waals surface area contributed by atoms with Crippen molar-refractivity contribution in [3.8, 4) is 0 Å². The van der Waals surface area contributed by atoms with E-state index in [0.717, 1.165) is 24.0 Å². The van der Waals surface area contributed by atoms with Crippen molar-refractivity contribution >= 4 is 5.97 Å². The molecule has 0 aliphatic heterocycles. The van der Waals surface area contributed by atoms with E-state index in [1.807, 2.05) is 0 Å². The number of ether oxygens (including phenoxy) is 1. The molecule has 3 saturated carbocycles. The van der Waals surface area contributed by atoms with Crippen molar-refractivity contribution in [1.82, 2.24) is 0 Å². The molecule has 4 nitrogen and oxygen atoms in total. The summed E-state index contributed by atoms with van der Waals surface area (Å²) in [6, 6.07) is 0. The first-order valence-corrected chi connectivity index (χ1v) is 10.8. The van der Waals surface area contributed by atoms with Crippen LogP contribution in [0.1, 0.15) is 65.2 Å². The van der Waals surface area contributed by atoms with Crippen LogP contribution in [0.15, 0.2) is 35.5 Å². The molecular formula is C24H36O4. The zero-order chi connectivity index (χ0) is 20.5. The van der Waals surface area contributed by atoms with Crippen LogP contribution in [0.3, 0.4) is 0 Å². The highest BCUT2D eigenvalue weighted by atomic mass is 16.5. The molecule has 0 aromatic heterocycles. The van der Waals surface area contributed by atoms with E-state index >= 15 is 0 Å². The van der Waals surface area contributed by atoms with Crippen molar-refractivity contribution in [1.29, 1.82) is 0 Å². The van der Waals surface area contributed by atoms with Gasteiger partial charge in [-0.05, 0) is 72.8 Å². The van der Waals surface area contributed by atoms with Crippen molar-refractivity contribution in [3.63, 3.8) is 0 Å². The summed E-state index contributed by atoms with van der Waals surface area (Å²) in [6.45, 7) is 8.63. The topological polar surface area (TPSA) is 66.8 Å². The Balaban J connectivity index is 1.78. The van der Waals surface area contributed by atoms with Crippen LogP contribution in [0.5, 0.6) is 0 Å². The smallest absolute Gasteiger partial charge is 0.305 e. The Hall–Kier alpha value is -1.39. The molecule has 4 heteroatoms. The Kier molecular flexibility index (Phi) is 6.51. The highest BCUT2D eigenvalue weighted by Crippen LogP contribution is 2.59. The van der Waals surface area contributed by atoms with Crippen LogP contribution in [0.25, 0.3) is 0 Å². The SMILES string of the molecule is C=C1/C(=C\C=C2/CCC[C@]3(C)[C@@H]([C@H](C)CC(=O)OC)CC[C@@H]23)C[C@@H](O)C[C@@H]1O. The van der Waals surface area contributed by atoms with Crippen molar-refractivity contribution in [2.45, 2.75) is 77.4 Å². The summed E-state index contributed by atoms with van der Waals surface area (Å²) in [5.41, 5.74) is 3.44. The van der Waals surface area contributed by atoms with E-state index in [9.17, 15) is 15.0 Å². The number of allylic oxidation sites excluding steroid dienone is 3. The Morgan fingerprint density at radius 2 is 2.11 bits per heavy atom. The van der Waals surface area contributed by atoms with Gasteiger partial charge in [0.1, 0.15) is 0 Å². The first-order chi connectivity index (χ1) is 13.3. The maximum atomic E-state index is 11.8. The third kappa shape index (κ3) is 4.13. The van der Waals surface area contributed by atoms with E-state index in [1.165, 1.54) is 31.9 Å². The third-order valence-corrected chi connectivity index (χ3v) is 7.71. The van der Waals surface area contributed by atoms with Gasteiger partial charge in [-0.25, -0.2) is 0 Å². The van der Waals surface area contributed by atoms with E-state index in [-0.39, 0.29) is 11.4 Å². The first kappa shape index (κ1) is 21.3. The van der Waals surface area contributed by atoms with Gasteiger partial charge in [0.15, 0.2) is 0 Å². The second-order valence-corrected chi connectivity index (χ2v) is 9.42. The van der Waals surface area contributed by atoms with Gasteiger partial charge in [0, 0.05) is 12.8 Å². The maximum Gasteiger partial charge on any atom is 0.305 e. The minimum absolute atomic E-state index is 0.108. The molecule has 0 amide bonds. The van der Waals surface area contributed by atoms with Gasteiger partial charge in [0.2, 0.25) is 0 Å². The van der Waals surface area contributed by atoms with E-state index in [4.69, 9.17) is 4.74 Å². The molecule has 0 bridgehead atoms. The fourth-order valence-corrected chi connectivity index (χ4v) is 6.17. The predicted molar refractivity (Wildman–Crippen MR) is 111 cm³/mol. The molecule has 0 aromatic rings. The van der Waals surface area contributed by atoms with Crippen LogP contribution >= 0.6 is 0 Å². The number of aliphatic hydroxyl groups is 2. The van der Waals surface area contributed by atoms with E-state index < -0.39 is 12.2 Å². The number of methoxy groups -OCH3 is 1.